The molecule has 0 amide bonds. The van der Waals surface area contributed by atoms with Gasteiger partial charge in [0.05, 0.1) is 0 Å². The van der Waals surface area contributed by atoms with Crippen molar-refractivity contribution in [2.24, 2.45) is 0 Å². The number of carbonyl (C=O) groups excluding carboxylic acids is 3. The van der Waals surface area contributed by atoms with E-state index in [1.165, 1.54) is 334 Å². The van der Waals surface area contributed by atoms with Crippen molar-refractivity contribution in [1.82, 2.24) is 0 Å². The third-order valence-electron chi connectivity index (χ3n) is 17.3. The van der Waals surface area contributed by atoms with Gasteiger partial charge in [-0.3, -0.25) is 14.4 Å². The van der Waals surface area contributed by atoms with Gasteiger partial charge in [0, 0.05) is 19.3 Å². The number of carbonyl (C=O) groups is 3. The summed E-state index contributed by atoms with van der Waals surface area (Å²) in [6.07, 6.45) is 85.4. The normalized spacial score (nSPS) is 12.0. The Morgan fingerprint density at radius 3 is 0.617 bits per heavy atom. The van der Waals surface area contributed by atoms with Crippen molar-refractivity contribution in [2.45, 2.75) is 438 Å². The second kappa shape index (κ2) is 70.6. The first-order chi connectivity index (χ1) is 40.0. The van der Waals surface area contributed by atoms with Crippen LogP contribution in [0.15, 0.2) is 12.2 Å². The Morgan fingerprint density at radius 1 is 0.235 bits per heavy atom. The monoisotopic (exact) mass is 1140 g/mol. The van der Waals surface area contributed by atoms with Crippen molar-refractivity contribution in [3.63, 3.8) is 0 Å². The molecule has 0 aromatic carbocycles. The van der Waals surface area contributed by atoms with Crippen LogP contribution in [0.1, 0.15) is 432 Å². The minimum absolute atomic E-state index is 0.0621. The Hall–Kier alpha value is -1.85. The quantitative estimate of drug-likeness (QED) is 0.0261. The molecule has 0 N–H and O–H groups in total. The van der Waals surface area contributed by atoms with Crippen LogP contribution >= 0.6 is 0 Å². The number of unbranched alkanes of at least 4 members (excludes halogenated alkanes) is 57. The van der Waals surface area contributed by atoms with Gasteiger partial charge in [-0.05, 0) is 44.9 Å². The van der Waals surface area contributed by atoms with Gasteiger partial charge in [-0.25, -0.2) is 0 Å². The lowest BCUT2D eigenvalue weighted by Crippen LogP contribution is -2.30. The molecule has 0 aromatic heterocycles. The molecular formula is C75H144O6. The smallest absolute Gasteiger partial charge is 0.306 e. The Bertz CT molecular complexity index is 1260. The van der Waals surface area contributed by atoms with E-state index in [1.54, 1.807) is 0 Å². The van der Waals surface area contributed by atoms with Gasteiger partial charge < -0.3 is 14.2 Å². The Balaban J connectivity index is 4.18. The van der Waals surface area contributed by atoms with Crippen molar-refractivity contribution in [3.8, 4) is 0 Å². The summed E-state index contributed by atoms with van der Waals surface area (Å²) in [5, 5.41) is 0. The zero-order valence-electron chi connectivity index (χ0n) is 55.4. The van der Waals surface area contributed by atoms with E-state index < -0.39 is 6.10 Å². The van der Waals surface area contributed by atoms with E-state index in [9.17, 15) is 14.4 Å². The number of rotatable bonds is 70. The SMILES string of the molecule is CCCCCCCCCC/C=C\CCCCCCCCCCCCCCCCCC(=O)OCC(COC(=O)CCCCCCCCCCCCCCC)OC(=O)CCCCCCCCCCCCCCCCCCCCCCCCC. The number of ether oxygens (including phenoxy) is 3. The maximum absolute atomic E-state index is 13.0. The van der Waals surface area contributed by atoms with Crippen LogP contribution in [0.2, 0.25) is 0 Å². The molecule has 0 heterocycles. The Kier molecular flexibility index (Phi) is 69.0. The van der Waals surface area contributed by atoms with Gasteiger partial charge in [-0.2, -0.15) is 0 Å². The fraction of sp³-hybridized carbons (Fsp3) is 0.933. The molecule has 0 saturated carbocycles. The molecule has 0 saturated heterocycles. The van der Waals surface area contributed by atoms with E-state index in [1.807, 2.05) is 0 Å². The minimum atomic E-state index is -0.766. The highest BCUT2D eigenvalue weighted by Gasteiger charge is 2.20. The van der Waals surface area contributed by atoms with Crippen molar-refractivity contribution in [2.75, 3.05) is 13.2 Å². The third kappa shape index (κ3) is 68.8. The van der Waals surface area contributed by atoms with E-state index in [0.29, 0.717) is 19.3 Å². The first-order valence-electron chi connectivity index (χ1n) is 37.2. The summed E-state index contributed by atoms with van der Waals surface area (Å²) < 4.78 is 17.0. The molecule has 0 aliphatic heterocycles. The lowest BCUT2D eigenvalue weighted by Gasteiger charge is -2.18. The number of esters is 3. The molecule has 0 spiro atoms. The van der Waals surface area contributed by atoms with E-state index in [-0.39, 0.29) is 31.1 Å². The van der Waals surface area contributed by atoms with Crippen LogP contribution in [0.25, 0.3) is 0 Å². The predicted octanol–water partition coefficient (Wildman–Crippen LogP) is 25.6. The predicted molar refractivity (Wildman–Crippen MR) is 353 cm³/mol. The fourth-order valence-corrected chi connectivity index (χ4v) is 11.7. The molecule has 0 aliphatic carbocycles. The standard InChI is InChI=1S/C75H144O6/c1-4-7-10-13-16-19-22-25-27-29-31-33-35-36-37-38-40-41-43-45-47-50-53-56-59-62-65-68-74(77)80-71-72(70-79-73(76)67-64-61-58-55-52-49-24-21-18-15-12-9-6-3)81-75(78)69-66-63-60-57-54-51-48-46-44-42-39-34-32-30-28-26-23-20-17-14-11-8-5-2/h29,31,72H,4-28,30,32-71H2,1-3H3/b31-29-. The van der Waals surface area contributed by atoms with E-state index >= 15 is 0 Å². The van der Waals surface area contributed by atoms with Crippen LogP contribution in [-0.2, 0) is 28.6 Å². The van der Waals surface area contributed by atoms with Gasteiger partial charge in [-0.1, -0.05) is 380 Å². The van der Waals surface area contributed by atoms with Gasteiger partial charge in [0.1, 0.15) is 13.2 Å². The van der Waals surface area contributed by atoms with Gasteiger partial charge >= 0.3 is 17.9 Å². The van der Waals surface area contributed by atoms with Gasteiger partial charge in [0.2, 0.25) is 0 Å². The molecule has 1 unspecified atom stereocenters. The first-order valence-corrected chi connectivity index (χ1v) is 37.2. The zero-order valence-corrected chi connectivity index (χ0v) is 55.4. The van der Waals surface area contributed by atoms with Gasteiger partial charge in [0.25, 0.3) is 0 Å². The highest BCUT2D eigenvalue weighted by atomic mass is 16.6. The second-order valence-corrected chi connectivity index (χ2v) is 25.6. The van der Waals surface area contributed by atoms with Crippen molar-refractivity contribution < 1.29 is 28.6 Å². The van der Waals surface area contributed by atoms with Crippen LogP contribution < -0.4 is 0 Å². The molecule has 0 aliphatic rings. The average molecular weight is 1140 g/mol. The Morgan fingerprint density at radius 2 is 0.407 bits per heavy atom. The molecule has 480 valence electrons. The third-order valence-corrected chi connectivity index (χ3v) is 17.3. The summed E-state index contributed by atoms with van der Waals surface area (Å²) in [7, 11) is 0. The largest absolute Gasteiger partial charge is 0.462 e. The lowest BCUT2D eigenvalue weighted by molar-refractivity contribution is -0.167. The highest BCUT2D eigenvalue weighted by molar-refractivity contribution is 5.71. The fourth-order valence-electron chi connectivity index (χ4n) is 11.7. The van der Waals surface area contributed by atoms with Crippen LogP contribution in [0.5, 0.6) is 0 Å². The molecule has 6 nitrogen and oxygen atoms in total. The highest BCUT2D eigenvalue weighted by Crippen LogP contribution is 2.19. The maximum Gasteiger partial charge on any atom is 0.306 e. The zero-order chi connectivity index (χ0) is 58.5. The number of hydrogen-bond acceptors (Lipinski definition) is 6. The van der Waals surface area contributed by atoms with Gasteiger partial charge in [0.15, 0.2) is 6.10 Å². The average Bonchev–Trinajstić information content (AvgIpc) is 3.46. The second-order valence-electron chi connectivity index (χ2n) is 25.6. The molecule has 0 bridgehead atoms. The molecule has 0 fully saturated rings. The van der Waals surface area contributed by atoms with E-state index in [4.69, 9.17) is 14.2 Å². The Labute approximate surface area is 507 Å². The molecule has 6 heteroatoms. The van der Waals surface area contributed by atoms with E-state index in [2.05, 4.69) is 32.9 Å². The van der Waals surface area contributed by atoms with Gasteiger partial charge in [-0.15, -0.1) is 0 Å². The first kappa shape index (κ1) is 79.2. The molecule has 0 radical (unpaired) electrons. The van der Waals surface area contributed by atoms with Crippen LogP contribution in [0.4, 0.5) is 0 Å². The summed E-state index contributed by atoms with van der Waals surface area (Å²) in [6, 6.07) is 0. The summed E-state index contributed by atoms with van der Waals surface area (Å²) >= 11 is 0. The van der Waals surface area contributed by atoms with Crippen molar-refractivity contribution >= 4 is 17.9 Å². The van der Waals surface area contributed by atoms with Crippen LogP contribution in [-0.4, -0.2) is 37.2 Å². The summed E-state index contributed by atoms with van der Waals surface area (Å²) in [4.78, 5) is 38.5. The van der Waals surface area contributed by atoms with Crippen molar-refractivity contribution in [3.05, 3.63) is 12.2 Å². The summed E-state index contributed by atoms with van der Waals surface area (Å²) in [5.74, 6) is -0.823. The minimum Gasteiger partial charge on any atom is -0.462 e. The van der Waals surface area contributed by atoms with Crippen LogP contribution in [0, 0.1) is 0 Å². The van der Waals surface area contributed by atoms with Crippen LogP contribution in [0.3, 0.4) is 0 Å². The molecule has 81 heavy (non-hydrogen) atoms. The maximum atomic E-state index is 13.0. The van der Waals surface area contributed by atoms with Crippen molar-refractivity contribution in [1.29, 1.82) is 0 Å². The molecular weight excluding hydrogens is 997 g/mol. The van der Waals surface area contributed by atoms with E-state index in [0.717, 1.165) is 57.8 Å². The molecule has 0 rings (SSSR count). The molecule has 0 aromatic rings. The molecule has 1 atom stereocenters. The summed E-state index contributed by atoms with van der Waals surface area (Å²) in [6.45, 7) is 6.74. The number of hydrogen-bond donors (Lipinski definition) is 0. The summed E-state index contributed by atoms with van der Waals surface area (Å²) in [5.41, 5.74) is 0. The lowest BCUT2D eigenvalue weighted by atomic mass is 10.0. The number of allylic oxidation sites excluding steroid dienone is 2. The topological polar surface area (TPSA) is 78.9 Å².